The van der Waals surface area contributed by atoms with Crippen LogP contribution in [0.15, 0.2) is 10.7 Å². The molecule has 0 saturated heterocycles. The van der Waals surface area contributed by atoms with E-state index in [1.165, 1.54) is 6.33 Å². The van der Waals surface area contributed by atoms with Gasteiger partial charge in [0.15, 0.2) is 0 Å². The molecule has 1 amide bonds. The molecule has 31 heavy (non-hydrogen) atoms. The Bertz CT molecular complexity index is 1200. The predicted octanol–water partition coefficient (Wildman–Crippen LogP) is 3.57. The first kappa shape index (κ1) is 19.7. The lowest BCUT2D eigenvalue weighted by molar-refractivity contribution is 0.0750. The number of anilines is 1. The van der Waals surface area contributed by atoms with Crippen LogP contribution < -0.4 is 10.1 Å². The van der Waals surface area contributed by atoms with Crippen molar-refractivity contribution in [3.05, 3.63) is 34.7 Å². The van der Waals surface area contributed by atoms with Crippen LogP contribution in [0.5, 0.6) is 5.88 Å². The maximum absolute atomic E-state index is 13.7. The van der Waals surface area contributed by atoms with E-state index >= 15 is 0 Å². The molecule has 0 atom stereocenters. The Morgan fingerprint density at radius 3 is 2.71 bits per heavy atom. The first-order valence-corrected chi connectivity index (χ1v) is 10.5. The minimum Gasteiger partial charge on any atom is -0.481 e. The average molecular weight is 422 g/mol. The van der Waals surface area contributed by atoms with E-state index < -0.39 is 0 Å². The molecule has 1 saturated carbocycles. The van der Waals surface area contributed by atoms with Crippen molar-refractivity contribution in [1.29, 1.82) is 0 Å². The number of aryl methyl sites for hydroxylation is 1. The first-order valence-electron chi connectivity index (χ1n) is 10.5. The summed E-state index contributed by atoms with van der Waals surface area (Å²) in [4.78, 5) is 33.3. The highest BCUT2D eigenvalue weighted by Crippen LogP contribution is 2.41. The summed E-state index contributed by atoms with van der Waals surface area (Å²) < 4.78 is 11.3. The molecule has 162 valence electrons. The van der Waals surface area contributed by atoms with Gasteiger partial charge in [-0.1, -0.05) is 13.8 Å². The first-order chi connectivity index (χ1) is 14.8. The highest BCUT2D eigenvalue weighted by Gasteiger charge is 2.39. The molecule has 0 bridgehead atoms. The molecule has 3 aromatic heterocycles. The third-order valence-electron chi connectivity index (χ3n) is 6.06. The van der Waals surface area contributed by atoms with Gasteiger partial charge in [0.05, 0.1) is 42.4 Å². The van der Waals surface area contributed by atoms with Gasteiger partial charge in [-0.25, -0.2) is 15.0 Å². The van der Waals surface area contributed by atoms with E-state index in [1.54, 1.807) is 18.9 Å². The topological polar surface area (TPSA) is 106 Å². The number of hydrogen-bond acceptors (Lipinski definition) is 8. The number of carbonyl (C=O) groups is 1. The summed E-state index contributed by atoms with van der Waals surface area (Å²) in [6.45, 7) is 8.79. The Labute approximate surface area is 180 Å². The van der Waals surface area contributed by atoms with Crippen molar-refractivity contribution in [2.45, 2.75) is 65.1 Å². The Hall–Kier alpha value is -3.23. The fraction of sp³-hybridized carbons (Fsp3) is 0.500. The monoisotopic (exact) mass is 422 g/mol. The number of fused-ring (bicyclic) bond motifs is 2. The van der Waals surface area contributed by atoms with Crippen molar-refractivity contribution in [3.63, 3.8) is 0 Å². The van der Waals surface area contributed by atoms with Crippen LogP contribution in [0.2, 0.25) is 0 Å². The van der Waals surface area contributed by atoms with Gasteiger partial charge in [-0.3, -0.25) is 4.79 Å². The number of carbonyl (C=O) groups excluding carboxylic acids is 1. The summed E-state index contributed by atoms with van der Waals surface area (Å²) in [6.07, 6.45) is 3.60. The second-order valence-corrected chi connectivity index (χ2v) is 8.95. The molecule has 3 aromatic rings. The highest BCUT2D eigenvalue weighted by atomic mass is 16.5. The van der Waals surface area contributed by atoms with Gasteiger partial charge in [-0.2, -0.15) is 4.98 Å². The molecule has 0 radical (unpaired) electrons. The summed E-state index contributed by atoms with van der Waals surface area (Å²) in [5.74, 6) is 2.44. The number of nitrogens with one attached hydrogen (secondary N) is 1. The second-order valence-electron chi connectivity index (χ2n) is 8.95. The number of hydrogen-bond donors (Lipinski definition) is 1. The van der Waals surface area contributed by atoms with Crippen molar-refractivity contribution < 1.29 is 13.9 Å². The fourth-order valence-corrected chi connectivity index (χ4v) is 3.97. The number of amides is 1. The van der Waals surface area contributed by atoms with E-state index in [2.05, 4.69) is 32.2 Å². The lowest BCUT2D eigenvalue weighted by atomic mass is 10.1. The number of nitrogens with zero attached hydrogens (tertiary/aromatic N) is 5. The maximum atomic E-state index is 13.7. The molecular weight excluding hydrogens is 396 g/mol. The van der Waals surface area contributed by atoms with Gasteiger partial charge in [-0.15, -0.1) is 0 Å². The Morgan fingerprint density at radius 1 is 1.26 bits per heavy atom. The summed E-state index contributed by atoms with van der Waals surface area (Å²) >= 11 is 0. The second kappa shape index (κ2) is 6.90. The normalized spacial score (nSPS) is 16.6. The third kappa shape index (κ3) is 3.28. The molecule has 0 aromatic carbocycles. The molecule has 1 aliphatic heterocycles. The van der Waals surface area contributed by atoms with Crippen LogP contribution in [-0.2, 0) is 13.1 Å². The molecule has 1 aliphatic carbocycles. The molecule has 9 heteroatoms. The Balaban J connectivity index is 1.53. The predicted molar refractivity (Wildman–Crippen MR) is 114 cm³/mol. The highest BCUT2D eigenvalue weighted by molar-refractivity contribution is 6.10. The van der Waals surface area contributed by atoms with Crippen molar-refractivity contribution >= 4 is 22.8 Å². The van der Waals surface area contributed by atoms with Gasteiger partial charge in [0.25, 0.3) is 5.91 Å². The lowest BCUT2D eigenvalue weighted by Crippen LogP contribution is -2.26. The smallest absolute Gasteiger partial charge is 0.258 e. The van der Waals surface area contributed by atoms with Gasteiger partial charge in [0.2, 0.25) is 11.6 Å². The van der Waals surface area contributed by atoms with Crippen LogP contribution in [0.4, 0.5) is 5.82 Å². The molecule has 5 rings (SSSR count). The van der Waals surface area contributed by atoms with Crippen molar-refractivity contribution in [2.24, 2.45) is 0 Å². The van der Waals surface area contributed by atoms with Crippen LogP contribution in [-0.4, -0.2) is 43.4 Å². The summed E-state index contributed by atoms with van der Waals surface area (Å²) in [5.41, 5.74) is 2.59. The van der Waals surface area contributed by atoms with Gasteiger partial charge >= 0.3 is 0 Å². The van der Waals surface area contributed by atoms with Crippen LogP contribution in [0, 0.1) is 6.92 Å². The minimum atomic E-state index is -0.138. The van der Waals surface area contributed by atoms with Gasteiger partial charge in [0.1, 0.15) is 23.7 Å². The van der Waals surface area contributed by atoms with Crippen molar-refractivity contribution in [1.82, 2.24) is 24.8 Å². The number of rotatable bonds is 5. The maximum Gasteiger partial charge on any atom is 0.258 e. The van der Waals surface area contributed by atoms with Crippen molar-refractivity contribution in [3.8, 4) is 5.88 Å². The number of furan rings is 1. The minimum absolute atomic E-state index is 0.00680. The van der Waals surface area contributed by atoms with E-state index in [0.29, 0.717) is 53.0 Å². The van der Waals surface area contributed by atoms with E-state index in [0.717, 1.165) is 24.1 Å². The number of aromatic nitrogens is 4. The SMILES string of the molecule is COc1nc(C(C)C)nc2c1CN(C(=O)c1c(C)oc3ncnc(NC4(C)CC4)c13)C2. The van der Waals surface area contributed by atoms with Crippen LogP contribution in [0.3, 0.4) is 0 Å². The van der Waals surface area contributed by atoms with Crippen LogP contribution in [0.1, 0.15) is 72.7 Å². The fourth-order valence-electron chi connectivity index (χ4n) is 3.97. The summed E-state index contributed by atoms with van der Waals surface area (Å²) in [5, 5.41) is 4.10. The van der Waals surface area contributed by atoms with E-state index in [9.17, 15) is 4.79 Å². The lowest BCUT2D eigenvalue weighted by Gasteiger charge is -2.16. The molecule has 1 fully saturated rings. The number of methoxy groups -OCH3 is 1. The zero-order valence-corrected chi connectivity index (χ0v) is 18.4. The van der Waals surface area contributed by atoms with E-state index in [1.807, 2.05) is 13.8 Å². The molecular formula is C22H26N6O3. The standard InChI is InChI=1S/C22H26N6O3/c1-11(2)17-25-14-9-28(8-13(14)19(26-17)30-5)21(29)15-12(3)31-20-16(15)18(23-10-24-20)27-22(4)6-7-22/h10-11H,6-9H2,1-5H3,(H,23,24,27). The molecule has 9 nitrogen and oxygen atoms in total. The third-order valence-corrected chi connectivity index (χ3v) is 6.06. The molecule has 1 N–H and O–H groups in total. The van der Waals surface area contributed by atoms with Gasteiger partial charge in [0, 0.05) is 11.5 Å². The van der Waals surface area contributed by atoms with Crippen LogP contribution >= 0.6 is 0 Å². The van der Waals surface area contributed by atoms with Gasteiger partial charge < -0.3 is 19.4 Å². The quantitative estimate of drug-likeness (QED) is 0.665. The van der Waals surface area contributed by atoms with Gasteiger partial charge in [-0.05, 0) is 26.7 Å². The summed E-state index contributed by atoms with van der Waals surface area (Å²) in [6, 6.07) is 0. The van der Waals surface area contributed by atoms with Crippen LogP contribution in [0.25, 0.3) is 11.1 Å². The summed E-state index contributed by atoms with van der Waals surface area (Å²) in [7, 11) is 1.60. The molecule has 4 heterocycles. The molecule has 0 spiro atoms. The Kier molecular flexibility index (Phi) is 4.39. The van der Waals surface area contributed by atoms with Crippen molar-refractivity contribution in [2.75, 3.05) is 12.4 Å². The molecule has 2 aliphatic rings. The van der Waals surface area contributed by atoms with E-state index in [-0.39, 0.29) is 17.4 Å². The zero-order valence-electron chi connectivity index (χ0n) is 18.4. The largest absolute Gasteiger partial charge is 0.481 e. The Morgan fingerprint density at radius 2 is 2.03 bits per heavy atom. The average Bonchev–Trinajstić information content (AvgIpc) is 3.15. The number of ether oxygens (including phenoxy) is 1. The van der Waals surface area contributed by atoms with E-state index in [4.69, 9.17) is 9.15 Å². The molecule has 0 unspecified atom stereocenters. The zero-order chi connectivity index (χ0) is 21.9.